The van der Waals surface area contributed by atoms with E-state index in [1.165, 1.54) is 11.3 Å². The summed E-state index contributed by atoms with van der Waals surface area (Å²) in [7, 11) is 0. The molecule has 1 N–H and O–H groups in total. The highest BCUT2D eigenvalue weighted by molar-refractivity contribution is 6.43. The lowest BCUT2D eigenvalue weighted by atomic mass is 10.2. The van der Waals surface area contributed by atoms with Crippen LogP contribution in [0, 0.1) is 0 Å². The Kier molecular flexibility index (Phi) is 4.04. The molecule has 0 atom stereocenters. The van der Waals surface area contributed by atoms with Gasteiger partial charge in [0.1, 0.15) is 0 Å². The molecule has 1 aliphatic rings. The summed E-state index contributed by atoms with van der Waals surface area (Å²) in [6.07, 6.45) is 1.13. The maximum atomic E-state index is 6.16. The summed E-state index contributed by atoms with van der Waals surface area (Å²) in [5, 5.41) is 4.53. The highest BCUT2D eigenvalue weighted by Gasteiger charge is 2.17. The molecule has 1 aliphatic heterocycles. The minimum absolute atomic E-state index is 0.586. The van der Waals surface area contributed by atoms with Crippen LogP contribution >= 0.6 is 23.2 Å². The molecule has 0 fully saturated rings. The van der Waals surface area contributed by atoms with Gasteiger partial charge in [-0.1, -0.05) is 47.5 Å². The number of hydrogen-bond donors (Lipinski definition) is 1. The number of anilines is 2. The van der Waals surface area contributed by atoms with Crippen molar-refractivity contribution in [2.75, 3.05) is 29.9 Å². The van der Waals surface area contributed by atoms with Gasteiger partial charge in [0.15, 0.2) is 0 Å². The van der Waals surface area contributed by atoms with Gasteiger partial charge in [0, 0.05) is 25.3 Å². The van der Waals surface area contributed by atoms with Gasteiger partial charge in [0.2, 0.25) is 0 Å². The number of fused-ring (bicyclic) bond motifs is 1. The van der Waals surface area contributed by atoms with Crippen molar-refractivity contribution in [1.82, 2.24) is 0 Å². The third-order valence-corrected chi connectivity index (χ3v) is 4.45. The third-order valence-electron chi connectivity index (χ3n) is 3.63. The Morgan fingerprint density at radius 2 is 1.90 bits per heavy atom. The lowest BCUT2D eigenvalue weighted by Crippen LogP contribution is -2.27. The van der Waals surface area contributed by atoms with Gasteiger partial charge in [-0.3, -0.25) is 0 Å². The average molecular weight is 307 g/mol. The van der Waals surface area contributed by atoms with Crippen molar-refractivity contribution >= 4 is 34.6 Å². The first-order valence-corrected chi connectivity index (χ1v) is 7.52. The molecule has 0 unspecified atom stereocenters. The van der Waals surface area contributed by atoms with Crippen LogP contribution in [0.4, 0.5) is 11.4 Å². The third kappa shape index (κ3) is 2.72. The van der Waals surface area contributed by atoms with Crippen LogP contribution in [0.5, 0.6) is 0 Å². The number of nitrogens with one attached hydrogen (secondary N) is 1. The Balaban J connectivity index is 1.60. The molecule has 20 heavy (non-hydrogen) atoms. The van der Waals surface area contributed by atoms with Crippen molar-refractivity contribution in [1.29, 1.82) is 0 Å². The second-order valence-electron chi connectivity index (χ2n) is 4.89. The van der Waals surface area contributed by atoms with Crippen LogP contribution in [0.3, 0.4) is 0 Å². The molecule has 2 nitrogen and oxygen atoms in total. The lowest BCUT2D eigenvalue weighted by Gasteiger charge is -2.20. The normalized spacial score (nSPS) is 13.4. The molecule has 0 amide bonds. The fourth-order valence-electron chi connectivity index (χ4n) is 2.60. The van der Waals surface area contributed by atoms with Crippen LogP contribution in [0.1, 0.15) is 5.56 Å². The zero-order chi connectivity index (χ0) is 13.9. The van der Waals surface area contributed by atoms with E-state index in [-0.39, 0.29) is 0 Å². The predicted octanol–water partition coefficient (Wildman–Crippen LogP) is 4.47. The van der Waals surface area contributed by atoms with Crippen molar-refractivity contribution < 1.29 is 0 Å². The summed E-state index contributed by atoms with van der Waals surface area (Å²) in [5.41, 5.74) is 3.69. The number of benzene rings is 2. The van der Waals surface area contributed by atoms with Crippen molar-refractivity contribution in [3.63, 3.8) is 0 Å². The van der Waals surface area contributed by atoms with Gasteiger partial charge in [-0.05, 0) is 30.2 Å². The van der Waals surface area contributed by atoms with Gasteiger partial charge < -0.3 is 10.2 Å². The van der Waals surface area contributed by atoms with E-state index in [4.69, 9.17) is 23.2 Å². The molecular formula is C16H16Cl2N2. The molecule has 0 bridgehead atoms. The molecule has 2 aromatic carbocycles. The van der Waals surface area contributed by atoms with Crippen molar-refractivity contribution in [2.45, 2.75) is 6.42 Å². The highest BCUT2D eigenvalue weighted by Crippen LogP contribution is 2.30. The summed E-state index contributed by atoms with van der Waals surface area (Å²) in [4.78, 5) is 2.40. The molecular weight excluding hydrogens is 291 g/mol. The molecule has 0 spiro atoms. The summed E-state index contributed by atoms with van der Waals surface area (Å²) in [6, 6.07) is 14.2. The highest BCUT2D eigenvalue weighted by atomic mass is 35.5. The standard InChI is InChI=1S/C16H16Cl2N2/c17-13-5-3-6-14(16(13)18)19-9-11-20-10-8-12-4-1-2-7-15(12)20/h1-7,19H,8-11H2. The minimum atomic E-state index is 0.586. The summed E-state index contributed by atoms with van der Waals surface area (Å²) >= 11 is 12.2. The van der Waals surface area contributed by atoms with Crippen LogP contribution in [-0.2, 0) is 6.42 Å². The van der Waals surface area contributed by atoms with Gasteiger partial charge in [-0.15, -0.1) is 0 Å². The fourth-order valence-corrected chi connectivity index (χ4v) is 2.97. The van der Waals surface area contributed by atoms with Gasteiger partial charge >= 0.3 is 0 Å². The number of halogens is 2. The Morgan fingerprint density at radius 3 is 2.80 bits per heavy atom. The van der Waals surface area contributed by atoms with Crippen LogP contribution in [0.25, 0.3) is 0 Å². The van der Waals surface area contributed by atoms with E-state index < -0.39 is 0 Å². The van der Waals surface area contributed by atoms with Gasteiger partial charge in [0.05, 0.1) is 15.7 Å². The summed E-state index contributed by atoms with van der Waals surface area (Å²) in [6.45, 7) is 2.89. The molecule has 0 saturated carbocycles. The monoisotopic (exact) mass is 306 g/mol. The number of rotatable bonds is 4. The first kappa shape index (κ1) is 13.6. The Labute approximate surface area is 129 Å². The number of hydrogen-bond acceptors (Lipinski definition) is 2. The lowest BCUT2D eigenvalue weighted by molar-refractivity contribution is 0.839. The smallest absolute Gasteiger partial charge is 0.0823 e. The van der Waals surface area contributed by atoms with E-state index in [0.29, 0.717) is 10.0 Å². The summed E-state index contributed by atoms with van der Waals surface area (Å²) in [5.74, 6) is 0. The molecule has 104 valence electrons. The van der Waals surface area contributed by atoms with Crippen molar-refractivity contribution in [2.24, 2.45) is 0 Å². The van der Waals surface area contributed by atoms with Crippen molar-refractivity contribution in [3.05, 3.63) is 58.1 Å². The van der Waals surface area contributed by atoms with Crippen LogP contribution in [-0.4, -0.2) is 19.6 Å². The topological polar surface area (TPSA) is 15.3 Å². The van der Waals surface area contributed by atoms with Crippen LogP contribution in [0.15, 0.2) is 42.5 Å². The number of para-hydroxylation sites is 1. The maximum absolute atomic E-state index is 6.16. The maximum Gasteiger partial charge on any atom is 0.0823 e. The Morgan fingerprint density at radius 1 is 1.05 bits per heavy atom. The first-order chi connectivity index (χ1) is 9.75. The van der Waals surface area contributed by atoms with E-state index in [1.807, 2.05) is 12.1 Å². The first-order valence-electron chi connectivity index (χ1n) is 6.76. The SMILES string of the molecule is Clc1cccc(NCCN2CCc3ccccc32)c1Cl. The minimum Gasteiger partial charge on any atom is -0.382 e. The van der Waals surface area contributed by atoms with E-state index >= 15 is 0 Å². The van der Waals surface area contributed by atoms with E-state index in [2.05, 4.69) is 34.5 Å². The fraction of sp³-hybridized carbons (Fsp3) is 0.250. The molecule has 0 saturated heterocycles. The Bertz CT molecular complexity index is 613. The Hall–Kier alpha value is -1.38. The molecule has 1 heterocycles. The largest absolute Gasteiger partial charge is 0.382 e. The predicted molar refractivity (Wildman–Crippen MR) is 87.3 cm³/mol. The molecule has 0 radical (unpaired) electrons. The van der Waals surface area contributed by atoms with Crippen LogP contribution in [0.2, 0.25) is 10.0 Å². The van der Waals surface area contributed by atoms with E-state index in [1.54, 1.807) is 6.07 Å². The van der Waals surface area contributed by atoms with Crippen molar-refractivity contribution in [3.8, 4) is 0 Å². The summed E-state index contributed by atoms with van der Waals surface area (Å²) < 4.78 is 0. The van der Waals surface area contributed by atoms with Gasteiger partial charge in [-0.25, -0.2) is 0 Å². The van der Waals surface area contributed by atoms with E-state index in [9.17, 15) is 0 Å². The molecule has 2 aromatic rings. The zero-order valence-corrected chi connectivity index (χ0v) is 12.6. The quantitative estimate of drug-likeness (QED) is 0.896. The zero-order valence-electron chi connectivity index (χ0n) is 11.1. The van der Waals surface area contributed by atoms with E-state index in [0.717, 1.165) is 31.7 Å². The molecule has 0 aromatic heterocycles. The molecule has 4 heteroatoms. The van der Waals surface area contributed by atoms with Gasteiger partial charge in [-0.2, -0.15) is 0 Å². The molecule has 0 aliphatic carbocycles. The van der Waals surface area contributed by atoms with Gasteiger partial charge in [0.25, 0.3) is 0 Å². The number of nitrogens with zero attached hydrogens (tertiary/aromatic N) is 1. The second-order valence-corrected chi connectivity index (χ2v) is 5.68. The molecule has 3 rings (SSSR count). The van der Waals surface area contributed by atoms with Crippen LogP contribution < -0.4 is 10.2 Å². The average Bonchev–Trinajstić information content (AvgIpc) is 2.87. The second kappa shape index (κ2) is 5.94.